The molecule has 1 aromatic rings. The van der Waals surface area contributed by atoms with Gasteiger partial charge in [0, 0.05) is 17.1 Å². The van der Waals surface area contributed by atoms with Crippen LogP contribution in [0, 0.1) is 6.92 Å². The molecule has 0 aromatic heterocycles. The van der Waals surface area contributed by atoms with Crippen LogP contribution in [0.25, 0.3) is 0 Å². The minimum absolute atomic E-state index is 0.392. The highest BCUT2D eigenvalue weighted by Gasteiger charge is 2.11. The third kappa shape index (κ3) is 3.93. The predicted octanol–water partition coefficient (Wildman–Crippen LogP) is 2.79. The second-order valence-electron chi connectivity index (χ2n) is 4.10. The van der Waals surface area contributed by atoms with Gasteiger partial charge in [0.2, 0.25) is 0 Å². The van der Waals surface area contributed by atoms with E-state index in [1.807, 2.05) is 25.1 Å². The van der Waals surface area contributed by atoms with E-state index >= 15 is 0 Å². The van der Waals surface area contributed by atoms with Crippen LogP contribution in [0.5, 0.6) is 0 Å². The highest BCUT2D eigenvalue weighted by Crippen LogP contribution is 2.24. The van der Waals surface area contributed by atoms with Gasteiger partial charge < -0.3 is 10.4 Å². The van der Waals surface area contributed by atoms with Crippen LogP contribution >= 0.6 is 15.9 Å². The summed E-state index contributed by atoms with van der Waals surface area (Å²) in [6.07, 6.45) is -0.456. The lowest BCUT2D eigenvalue weighted by Gasteiger charge is -2.16. The van der Waals surface area contributed by atoms with Gasteiger partial charge in [-0.2, -0.15) is 0 Å². The van der Waals surface area contributed by atoms with Gasteiger partial charge in [-0.3, -0.25) is 0 Å². The lowest BCUT2D eigenvalue weighted by atomic mass is 10.1. The zero-order valence-electron chi connectivity index (χ0n) is 9.42. The fraction of sp³-hybridized carbons (Fsp3) is 0.500. The van der Waals surface area contributed by atoms with Crippen molar-refractivity contribution in [1.29, 1.82) is 0 Å². The summed E-state index contributed by atoms with van der Waals surface area (Å²) in [6, 6.07) is 6.39. The summed E-state index contributed by atoms with van der Waals surface area (Å²) >= 11 is 3.47. The zero-order valence-corrected chi connectivity index (χ0v) is 11.0. The van der Waals surface area contributed by atoms with E-state index in [0.717, 1.165) is 10.0 Å². The van der Waals surface area contributed by atoms with Gasteiger partial charge in [-0.1, -0.05) is 41.9 Å². The Balaban J connectivity index is 2.69. The first-order valence-corrected chi connectivity index (χ1v) is 5.97. The van der Waals surface area contributed by atoms with Crippen molar-refractivity contribution >= 4 is 15.9 Å². The Morgan fingerprint density at radius 3 is 2.60 bits per heavy atom. The Morgan fingerprint density at radius 1 is 1.40 bits per heavy atom. The van der Waals surface area contributed by atoms with E-state index in [2.05, 4.69) is 35.1 Å². The number of benzene rings is 1. The number of hydrogen-bond donors (Lipinski definition) is 2. The van der Waals surface area contributed by atoms with Crippen molar-refractivity contribution in [3.8, 4) is 0 Å². The van der Waals surface area contributed by atoms with Crippen molar-refractivity contribution in [3.63, 3.8) is 0 Å². The zero-order chi connectivity index (χ0) is 11.4. The summed E-state index contributed by atoms with van der Waals surface area (Å²) in [5.41, 5.74) is 2.13. The van der Waals surface area contributed by atoms with Crippen LogP contribution in [-0.4, -0.2) is 17.7 Å². The van der Waals surface area contributed by atoms with Gasteiger partial charge in [-0.15, -0.1) is 0 Å². The lowest BCUT2D eigenvalue weighted by Crippen LogP contribution is -2.28. The number of aliphatic hydroxyl groups is 1. The molecule has 0 saturated heterocycles. The SMILES string of the molecule is Cc1ccc(C(O)CNC(C)C)c(Br)c1. The Labute approximate surface area is 99.8 Å². The van der Waals surface area contributed by atoms with Crippen molar-refractivity contribution < 1.29 is 5.11 Å². The number of hydrogen-bond acceptors (Lipinski definition) is 2. The predicted molar refractivity (Wildman–Crippen MR) is 67.0 cm³/mol. The van der Waals surface area contributed by atoms with Crippen LogP contribution in [0.3, 0.4) is 0 Å². The summed E-state index contributed by atoms with van der Waals surface area (Å²) < 4.78 is 0.973. The normalized spacial score (nSPS) is 13.2. The largest absolute Gasteiger partial charge is 0.387 e. The van der Waals surface area contributed by atoms with Crippen LogP contribution < -0.4 is 5.32 Å². The first-order chi connectivity index (χ1) is 7.00. The third-order valence-electron chi connectivity index (χ3n) is 2.23. The van der Waals surface area contributed by atoms with E-state index in [1.54, 1.807) is 0 Å². The summed E-state index contributed by atoms with van der Waals surface area (Å²) in [5, 5.41) is 13.2. The molecule has 2 N–H and O–H groups in total. The Morgan fingerprint density at radius 2 is 2.07 bits per heavy atom. The molecule has 0 amide bonds. The molecular weight excluding hydrogens is 254 g/mol. The topological polar surface area (TPSA) is 32.3 Å². The van der Waals surface area contributed by atoms with Crippen LogP contribution in [0.4, 0.5) is 0 Å². The van der Waals surface area contributed by atoms with Crippen LogP contribution in [0.2, 0.25) is 0 Å². The van der Waals surface area contributed by atoms with Crippen LogP contribution in [0.1, 0.15) is 31.1 Å². The maximum atomic E-state index is 9.95. The first-order valence-electron chi connectivity index (χ1n) is 5.18. The van der Waals surface area contributed by atoms with Gasteiger partial charge >= 0.3 is 0 Å². The Hall–Kier alpha value is -0.380. The van der Waals surface area contributed by atoms with Crippen LogP contribution in [0.15, 0.2) is 22.7 Å². The number of rotatable bonds is 4. The lowest BCUT2D eigenvalue weighted by molar-refractivity contribution is 0.171. The molecule has 15 heavy (non-hydrogen) atoms. The smallest absolute Gasteiger partial charge is 0.0925 e. The second-order valence-corrected chi connectivity index (χ2v) is 4.96. The molecule has 0 radical (unpaired) electrons. The second kappa shape index (κ2) is 5.64. The van der Waals surface area contributed by atoms with Gasteiger partial charge in [0.05, 0.1) is 6.10 Å². The molecule has 0 aliphatic rings. The first kappa shape index (κ1) is 12.7. The van der Waals surface area contributed by atoms with E-state index < -0.39 is 6.10 Å². The van der Waals surface area contributed by atoms with Crippen molar-refractivity contribution in [3.05, 3.63) is 33.8 Å². The minimum Gasteiger partial charge on any atom is -0.387 e. The fourth-order valence-electron chi connectivity index (χ4n) is 1.36. The molecule has 0 heterocycles. The molecule has 1 unspecified atom stereocenters. The number of nitrogens with one attached hydrogen (secondary N) is 1. The average molecular weight is 272 g/mol. The van der Waals surface area contributed by atoms with Crippen molar-refractivity contribution in [2.24, 2.45) is 0 Å². The van der Waals surface area contributed by atoms with Gasteiger partial charge in [0.25, 0.3) is 0 Å². The number of aryl methyl sites for hydroxylation is 1. The maximum Gasteiger partial charge on any atom is 0.0925 e. The molecule has 0 bridgehead atoms. The standard InChI is InChI=1S/C12H18BrNO/c1-8(2)14-7-12(15)10-5-4-9(3)6-11(10)13/h4-6,8,12,14-15H,7H2,1-3H3. The monoisotopic (exact) mass is 271 g/mol. The molecule has 3 heteroatoms. The molecule has 0 aliphatic heterocycles. The molecule has 1 atom stereocenters. The highest BCUT2D eigenvalue weighted by atomic mass is 79.9. The van der Waals surface area contributed by atoms with Crippen molar-refractivity contribution in [2.45, 2.75) is 32.9 Å². The number of halogens is 1. The molecule has 0 saturated carbocycles. The maximum absolute atomic E-state index is 9.95. The van der Waals surface area contributed by atoms with Gasteiger partial charge in [-0.05, 0) is 24.1 Å². The molecule has 0 spiro atoms. The van der Waals surface area contributed by atoms with Gasteiger partial charge in [0.15, 0.2) is 0 Å². The van der Waals surface area contributed by atoms with E-state index in [-0.39, 0.29) is 0 Å². The molecular formula is C12H18BrNO. The summed E-state index contributed by atoms with van der Waals surface area (Å²) in [7, 11) is 0. The van der Waals surface area contributed by atoms with E-state index in [4.69, 9.17) is 0 Å². The fourth-order valence-corrected chi connectivity index (χ4v) is 2.12. The summed E-state index contributed by atoms with van der Waals surface area (Å²) in [4.78, 5) is 0. The van der Waals surface area contributed by atoms with Crippen LogP contribution in [-0.2, 0) is 0 Å². The van der Waals surface area contributed by atoms with E-state index in [1.165, 1.54) is 5.56 Å². The third-order valence-corrected chi connectivity index (χ3v) is 2.92. The molecule has 2 nitrogen and oxygen atoms in total. The molecule has 0 fully saturated rings. The van der Waals surface area contributed by atoms with Crippen molar-refractivity contribution in [1.82, 2.24) is 5.32 Å². The molecule has 1 rings (SSSR count). The van der Waals surface area contributed by atoms with E-state index in [9.17, 15) is 5.11 Å². The molecule has 0 aliphatic carbocycles. The van der Waals surface area contributed by atoms with E-state index in [0.29, 0.717) is 12.6 Å². The quantitative estimate of drug-likeness (QED) is 0.883. The Kier molecular flexibility index (Phi) is 4.77. The van der Waals surface area contributed by atoms with Gasteiger partial charge in [0.1, 0.15) is 0 Å². The Bertz CT molecular complexity index is 325. The summed E-state index contributed by atoms with van der Waals surface area (Å²) in [6.45, 7) is 6.75. The molecule has 1 aromatic carbocycles. The van der Waals surface area contributed by atoms with Crippen molar-refractivity contribution in [2.75, 3.05) is 6.54 Å². The summed E-state index contributed by atoms with van der Waals surface area (Å²) in [5.74, 6) is 0. The average Bonchev–Trinajstić information content (AvgIpc) is 2.14. The highest BCUT2D eigenvalue weighted by molar-refractivity contribution is 9.10. The molecule has 84 valence electrons. The number of aliphatic hydroxyl groups excluding tert-OH is 1. The van der Waals surface area contributed by atoms with Gasteiger partial charge in [-0.25, -0.2) is 0 Å². The minimum atomic E-state index is -0.456.